The third-order valence-electron chi connectivity index (χ3n) is 3.93. The molecule has 3 aromatic rings. The van der Waals surface area contributed by atoms with Crippen LogP contribution in [0.2, 0.25) is 10.0 Å². The molecule has 31 heavy (non-hydrogen) atoms. The lowest BCUT2D eigenvalue weighted by Gasteiger charge is -2.15. The molecule has 0 aliphatic rings. The van der Waals surface area contributed by atoms with Gasteiger partial charge in [-0.1, -0.05) is 35.3 Å². The summed E-state index contributed by atoms with van der Waals surface area (Å²) >= 11 is 12.2. The van der Waals surface area contributed by atoms with E-state index >= 15 is 0 Å². The van der Waals surface area contributed by atoms with Crippen LogP contribution >= 0.6 is 23.2 Å². The Kier molecular flexibility index (Phi) is 7.09. The molecule has 0 saturated carbocycles. The van der Waals surface area contributed by atoms with Crippen molar-refractivity contribution in [3.63, 3.8) is 0 Å². The van der Waals surface area contributed by atoms with E-state index in [0.717, 1.165) is 0 Å². The highest BCUT2D eigenvalue weighted by Gasteiger charge is 2.31. The van der Waals surface area contributed by atoms with E-state index in [2.05, 4.69) is 25.3 Å². The summed E-state index contributed by atoms with van der Waals surface area (Å²) in [5.74, 6) is 0.0834. The Morgan fingerprint density at radius 1 is 1.10 bits per heavy atom. The Morgan fingerprint density at radius 3 is 2.58 bits per heavy atom. The van der Waals surface area contributed by atoms with Gasteiger partial charge in [0.15, 0.2) is 0 Å². The van der Waals surface area contributed by atoms with E-state index in [0.29, 0.717) is 32.8 Å². The van der Waals surface area contributed by atoms with Crippen LogP contribution in [0.1, 0.15) is 6.92 Å². The highest BCUT2D eigenvalue weighted by Crippen LogP contribution is 2.31. The number of hydrogen-bond donors (Lipinski definition) is 3. The second-order valence-electron chi connectivity index (χ2n) is 6.51. The number of aliphatic hydroxyl groups excluding tert-OH is 1. The van der Waals surface area contributed by atoms with Crippen molar-refractivity contribution in [2.75, 3.05) is 17.2 Å². The zero-order valence-electron chi connectivity index (χ0n) is 16.0. The van der Waals surface area contributed by atoms with E-state index in [1.807, 2.05) is 0 Å². The van der Waals surface area contributed by atoms with Crippen molar-refractivity contribution in [3.05, 3.63) is 58.6 Å². The average Bonchev–Trinajstić information content (AvgIpc) is 2.69. The highest BCUT2D eigenvalue weighted by molar-refractivity contribution is 6.35. The number of ether oxygens (including phenoxy) is 1. The molecule has 0 bridgehead atoms. The van der Waals surface area contributed by atoms with Crippen molar-refractivity contribution >= 4 is 40.7 Å². The zero-order chi connectivity index (χ0) is 22.6. The first-order chi connectivity index (χ1) is 14.6. The van der Waals surface area contributed by atoms with Crippen LogP contribution in [0.4, 0.5) is 30.6 Å². The van der Waals surface area contributed by atoms with Gasteiger partial charge in [-0.3, -0.25) is 0 Å². The molecule has 6 nitrogen and oxygen atoms in total. The number of rotatable bonds is 7. The summed E-state index contributed by atoms with van der Waals surface area (Å²) in [5, 5.41) is 16.1. The lowest BCUT2D eigenvalue weighted by Crippen LogP contribution is -2.21. The Morgan fingerprint density at radius 2 is 1.87 bits per heavy atom. The predicted molar refractivity (Wildman–Crippen MR) is 114 cm³/mol. The number of benzene rings is 2. The molecular weight excluding hydrogens is 456 g/mol. The first-order valence-corrected chi connectivity index (χ1v) is 9.73. The van der Waals surface area contributed by atoms with E-state index in [1.54, 1.807) is 37.3 Å². The van der Waals surface area contributed by atoms with E-state index in [1.165, 1.54) is 18.2 Å². The lowest BCUT2D eigenvalue weighted by molar-refractivity contribution is -0.274. The standard InChI is InChI=1S/C20H17Cl2F3N4O2/c1-11(10-30)26-19-28-16(12-3-2-4-14(7-12)31-20(23,24)25)9-18(29-19)27-17-8-13(21)5-6-15(17)22/h2-9,11,30H,10H2,1H3,(H2,26,27,28,29)/t11-/m0/s1. The van der Waals surface area contributed by atoms with Crippen LogP contribution < -0.4 is 15.4 Å². The van der Waals surface area contributed by atoms with Crippen LogP contribution in [0.15, 0.2) is 48.5 Å². The first kappa shape index (κ1) is 22.9. The molecule has 0 aliphatic heterocycles. The van der Waals surface area contributed by atoms with Gasteiger partial charge in [0.2, 0.25) is 5.95 Å². The molecule has 3 rings (SSSR count). The Hall–Kier alpha value is -2.75. The molecule has 0 radical (unpaired) electrons. The molecule has 1 heterocycles. The van der Waals surface area contributed by atoms with Gasteiger partial charge in [-0.05, 0) is 37.3 Å². The summed E-state index contributed by atoms with van der Waals surface area (Å²) in [6.07, 6.45) is -4.82. The van der Waals surface area contributed by atoms with Gasteiger partial charge in [-0.15, -0.1) is 13.2 Å². The number of anilines is 3. The van der Waals surface area contributed by atoms with Crippen molar-refractivity contribution in [3.8, 4) is 17.0 Å². The van der Waals surface area contributed by atoms with Crippen molar-refractivity contribution in [2.45, 2.75) is 19.3 Å². The molecule has 164 valence electrons. The second kappa shape index (κ2) is 9.59. The number of aliphatic hydroxyl groups is 1. The Bertz CT molecular complexity index is 1070. The van der Waals surface area contributed by atoms with E-state index in [-0.39, 0.29) is 24.3 Å². The monoisotopic (exact) mass is 472 g/mol. The normalized spacial score (nSPS) is 12.4. The molecule has 0 amide bonds. The maximum Gasteiger partial charge on any atom is 0.573 e. The fraction of sp³-hybridized carbons (Fsp3) is 0.200. The minimum atomic E-state index is -4.82. The van der Waals surface area contributed by atoms with Crippen LogP contribution in [-0.2, 0) is 0 Å². The molecule has 1 aromatic heterocycles. The number of hydrogen-bond acceptors (Lipinski definition) is 6. The summed E-state index contributed by atoms with van der Waals surface area (Å²) in [5.41, 5.74) is 1.16. The maximum atomic E-state index is 12.6. The number of alkyl halides is 3. The number of aromatic nitrogens is 2. The van der Waals surface area contributed by atoms with Crippen LogP contribution in [-0.4, -0.2) is 34.1 Å². The molecule has 0 unspecified atom stereocenters. The van der Waals surface area contributed by atoms with Crippen molar-refractivity contribution in [1.29, 1.82) is 0 Å². The third-order valence-corrected chi connectivity index (χ3v) is 4.49. The SMILES string of the molecule is C[C@@H](CO)Nc1nc(Nc2cc(Cl)ccc2Cl)cc(-c2cccc(OC(F)(F)F)c2)n1. The number of halogens is 5. The smallest absolute Gasteiger partial charge is 0.406 e. The molecule has 0 saturated heterocycles. The van der Waals surface area contributed by atoms with Crippen molar-refractivity contribution < 1.29 is 23.0 Å². The topological polar surface area (TPSA) is 79.3 Å². The van der Waals surface area contributed by atoms with Gasteiger partial charge < -0.3 is 20.5 Å². The van der Waals surface area contributed by atoms with Crippen LogP contribution in [0.25, 0.3) is 11.3 Å². The molecule has 2 aromatic carbocycles. The third kappa shape index (κ3) is 6.61. The van der Waals surface area contributed by atoms with Gasteiger partial charge in [-0.2, -0.15) is 4.98 Å². The largest absolute Gasteiger partial charge is 0.573 e. The van der Waals surface area contributed by atoms with Crippen molar-refractivity contribution in [1.82, 2.24) is 9.97 Å². The molecular formula is C20H17Cl2F3N4O2. The van der Waals surface area contributed by atoms with E-state index < -0.39 is 6.36 Å². The summed E-state index contributed by atoms with van der Waals surface area (Å²) in [7, 11) is 0. The number of nitrogens with zero attached hydrogens (tertiary/aromatic N) is 2. The van der Waals surface area contributed by atoms with E-state index in [9.17, 15) is 18.3 Å². The molecule has 0 fully saturated rings. The molecule has 0 spiro atoms. The molecule has 11 heteroatoms. The quantitative estimate of drug-likeness (QED) is 0.398. The molecule has 0 aliphatic carbocycles. The minimum Gasteiger partial charge on any atom is -0.406 e. The van der Waals surface area contributed by atoms with Gasteiger partial charge in [0, 0.05) is 22.7 Å². The highest BCUT2D eigenvalue weighted by atomic mass is 35.5. The minimum absolute atomic E-state index is 0.154. The summed E-state index contributed by atoms with van der Waals surface area (Å²) in [6, 6.07) is 11.4. The fourth-order valence-electron chi connectivity index (χ4n) is 2.57. The zero-order valence-corrected chi connectivity index (χ0v) is 17.6. The van der Waals surface area contributed by atoms with Crippen molar-refractivity contribution in [2.24, 2.45) is 0 Å². The van der Waals surface area contributed by atoms with Crippen LogP contribution in [0.5, 0.6) is 5.75 Å². The Balaban J connectivity index is 2.01. The molecule has 1 atom stereocenters. The van der Waals surface area contributed by atoms with Gasteiger partial charge in [0.25, 0.3) is 0 Å². The summed E-state index contributed by atoms with van der Waals surface area (Å²) in [6.45, 7) is 1.54. The summed E-state index contributed by atoms with van der Waals surface area (Å²) in [4.78, 5) is 8.68. The summed E-state index contributed by atoms with van der Waals surface area (Å²) < 4.78 is 41.7. The fourth-order valence-corrected chi connectivity index (χ4v) is 2.91. The second-order valence-corrected chi connectivity index (χ2v) is 7.36. The predicted octanol–water partition coefficient (Wildman–Crippen LogP) is 5.89. The first-order valence-electron chi connectivity index (χ1n) is 8.97. The molecule has 3 N–H and O–H groups in total. The van der Waals surface area contributed by atoms with Crippen LogP contribution in [0.3, 0.4) is 0 Å². The Labute approximate surface area is 186 Å². The van der Waals surface area contributed by atoms with Gasteiger partial charge >= 0.3 is 6.36 Å². The van der Waals surface area contributed by atoms with Gasteiger partial charge in [-0.25, -0.2) is 4.98 Å². The van der Waals surface area contributed by atoms with E-state index in [4.69, 9.17) is 23.2 Å². The number of nitrogens with one attached hydrogen (secondary N) is 2. The van der Waals surface area contributed by atoms with Crippen LogP contribution in [0, 0.1) is 0 Å². The average molecular weight is 473 g/mol. The van der Waals surface area contributed by atoms with Gasteiger partial charge in [0.1, 0.15) is 11.6 Å². The van der Waals surface area contributed by atoms with Gasteiger partial charge in [0.05, 0.1) is 23.0 Å². The maximum absolute atomic E-state index is 12.6. The lowest BCUT2D eigenvalue weighted by atomic mass is 10.1.